The molecule has 0 N–H and O–H groups in total. The third-order valence-electron chi connectivity index (χ3n) is 4.41. The molecule has 0 unspecified atom stereocenters. The SMILES string of the molecule is CCC=C1C(C)=C(C)C(=O)N1c1cc(OCCOCCOCC)c(Cl)cc1F. The van der Waals surface area contributed by atoms with Crippen LogP contribution in [0, 0.1) is 5.82 Å². The summed E-state index contributed by atoms with van der Waals surface area (Å²) in [6.07, 6.45) is 2.63. The van der Waals surface area contributed by atoms with E-state index in [1.54, 1.807) is 6.92 Å². The van der Waals surface area contributed by atoms with Crippen LogP contribution >= 0.6 is 11.6 Å². The zero-order valence-corrected chi connectivity index (χ0v) is 17.6. The second-order valence-corrected chi connectivity index (χ2v) is 6.69. The van der Waals surface area contributed by atoms with E-state index in [-0.39, 0.29) is 23.2 Å². The first kappa shape index (κ1) is 22.4. The molecule has 1 aromatic carbocycles. The van der Waals surface area contributed by atoms with E-state index in [1.165, 1.54) is 17.0 Å². The van der Waals surface area contributed by atoms with Crippen LogP contribution in [0.1, 0.15) is 34.1 Å². The fourth-order valence-corrected chi connectivity index (χ4v) is 3.05. The average molecular weight is 412 g/mol. The lowest BCUT2D eigenvalue weighted by molar-refractivity contribution is -0.114. The van der Waals surface area contributed by atoms with Gasteiger partial charge in [0.2, 0.25) is 0 Å². The lowest BCUT2D eigenvalue weighted by atomic mass is 10.1. The van der Waals surface area contributed by atoms with E-state index in [2.05, 4.69) is 0 Å². The third-order valence-corrected chi connectivity index (χ3v) is 4.71. The van der Waals surface area contributed by atoms with Gasteiger partial charge >= 0.3 is 0 Å². The van der Waals surface area contributed by atoms with Gasteiger partial charge < -0.3 is 14.2 Å². The lowest BCUT2D eigenvalue weighted by Crippen LogP contribution is -2.26. The third kappa shape index (κ3) is 5.13. The van der Waals surface area contributed by atoms with Crippen LogP contribution in [0.5, 0.6) is 5.75 Å². The van der Waals surface area contributed by atoms with Gasteiger partial charge in [0.15, 0.2) is 0 Å². The Hall–Kier alpha value is -1.89. The van der Waals surface area contributed by atoms with Gasteiger partial charge in [-0.2, -0.15) is 0 Å². The number of hydrogen-bond donors (Lipinski definition) is 0. The number of ether oxygens (including phenoxy) is 3. The molecule has 0 atom stereocenters. The Labute approximate surface area is 170 Å². The summed E-state index contributed by atoms with van der Waals surface area (Å²) in [4.78, 5) is 14.1. The highest BCUT2D eigenvalue weighted by molar-refractivity contribution is 6.32. The molecule has 0 saturated heterocycles. The molecule has 1 aliphatic heterocycles. The minimum Gasteiger partial charge on any atom is -0.490 e. The van der Waals surface area contributed by atoms with Gasteiger partial charge in [-0.1, -0.05) is 24.6 Å². The molecule has 0 aromatic heterocycles. The molecule has 2 rings (SSSR count). The van der Waals surface area contributed by atoms with Crippen LogP contribution < -0.4 is 9.64 Å². The van der Waals surface area contributed by atoms with Gasteiger partial charge in [-0.05, 0) is 38.8 Å². The quantitative estimate of drug-likeness (QED) is 0.514. The minimum atomic E-state index is -0.580. The van der Waals surface area contributed by atoms with Crippen molar-refractivity contribution in [1.82, 2.24) is 0 Å². The Balaban J connectivity index is 2.15. The standard InChI is InChI=1S/C21H27ClFNO4/c1-5-7-18-14(3)15(4)21(25)24(18)19-13-20(16(22)12-17(19)23)28-11-10-27-9-8-26-6-2/h7,12-13H,5-6,8-11H2,1-4H3. The van der Waals surface area contributed by atoms with Gasteiger partial charge in [0.05, 0.1) is 30.5 Å². The van der Waals surface area contributed by atoms with Crippen LogP contribution in [0.25, 0.3) is 0 Å². The van der Waals surface area contributed by atoms with E-state index in [9.17, 15) is 9.18 Å². The smallest absolute Gasteiger partial charge is 0.258 e. The molecule has 0 radical (unpaired) electrons. The maximum Gasteiger partial charge on any atom is 0.258 e. The predicted octanol–water partition coefficient (Wildman–Crippen LogP) is 4.89. The molecule has 154 valence electrons. The van der Waals surface area contributed by atoms with Crippen molar-refractivity contribution in [2.75, 3.05) is 37.9 Å². The number of halogens is 2. The molecule has 0 spiro atoms. The van der Waals surface area contributed by atoms with E-state index in [0.29, 0.717) is 43.4 Å². The van der Waals surface area contributed by atoms with Crippen molar-refractivity contribution in [3.8, 4) is 5.75 Å². The van der Waals surface area contributed by atoms with Crippen molar-refractivity contribution >= 4 is 23.2 Å². The summed E-state index contributed by atoms with van der Waals surface area (Å²) < 4.78 is 30.9. The monoisotopic (exact) mass is 411 g/mol. The van der Waals surface area contributed by atoms with E-state index >= 15 is 0 Å². The maximum absolute atomic E-state index is 14.7. The van der Waals surface area contributed by atoms with Gasteiger partial charge in [0, 0.05) is 23.9 Å². The van der Waals surface area contributed by atoms with Gasteiger partial charge in [-0.25, -0.2) is 4.39 Å². The fourth-order valence-electron chi connectivity index (χ4n) is 2.85. The number of carbonyl (C=O) groups excluding carboxylic acids is 1. The Morgan fingerprint density at radius 3 is 2.43 bits per heavy atom. The second kappa shape index (κ2) is 10.6. The second-order valence-electron chi connectivity index (χ2n) is 6.28. The lowest BCUT2D eigenvalue weighted by Gasteiger charge is -2.22. The van der Waals surface area contributed by atoms with Crippen LogP contribution in [-0.4, -0.2) is 38.9 Å². The summed E-state index contributed by atoms with van der Waals surface area (Å²) in [5.41, 5.74) is 2.25. The summed E-state index contributed by atoms with van der Waals surface area (Å²) in [7, 11) is 0. The largest absolute Gasteiger partial charge is 0.490 e. The summed E-state index contributed by atoms with van der Waals surface area (Å²) in [6, 6.07) is 2.63. The molecular formula is C21H27ClFNO4. The molecule has 1 heterocycles. The Morgan fingerprint density at radius 1 is 1.07 bits per heavy atom. The molecule has 28 heavy (non-hydrogen) atoms. The van der Waals surface area contributed by atoms with Crippen LogP contribution in [0.4, 0.5) is 10.1 Å². The highest BCUT2D eigenvalue weighted by atomic mass is 35.5. The van der Waals surface area contributed by atoms with Crippen molar-refractivity contribution in [2.24, 2.45) is 0 Å². The zero-order valence-electron chi connectivity index (χ0n) is 16.8. The first-order chi connectivity index (χ1) is 13.4. The van der Waals surface area contributed by atoms with Crippen LogP contribution in [0.15, 0.2) is 35.1 Å². The van der Waals surface area contributed by atoms with E-state index in [0.717, 1.165) is 12.0 Å². The number of amides is 1. The zero-order chi connectivity index (χ0) is 20.7. The topological polar surface area (TPSA) is 48.0 Å². The number of anilines is 1. The van der Waals surface area contributed by atoms with Gasteiger partial charge in [0.1, 0.15) is 18.2 Å². The van der Waals surface area contributed by atoms with E-state index in [4.69, 9.17) is 25.8 Å². The molecule has 1 amide bonds. The molecular weight excluding hydrogens is 385 g/mol. The predicted molar refractivity (Wildman–Crippen MR) is 108 cm³/mol. The average Bonchev–Trinajstić information content (AvgIpc) is 2.87. The van der Waals surface area contributed by atoms with Crippen LogP contribution in [0.3, 0.4) is 0 Å². The van der Waals surface area contributed by atoms with Gasteiger partial charge in [-0.15, -0.1) is 0 Å². The van der Waals surface area contributed by atoms with Crippen molar-refractivity contribution in [1.29, 1.82) is 0 Å². The number of rotatable bonds is 10. The summed E-state index contributed by atoms with van der Waals surface area (Å²) in [6.45, 7) is 9.72. The summed E-state index contributed by atoms with van der Waals surface area (Å²) in [5.74, 6) is -0.524. The Morgan fingerprint density at radius 2 is 1.75 bits per heavy atom. The van der Waals surface area contributed by atoms with E-state index in [1.807, 2.05) is 26.8 Å². The number of hydrogen-bond acceptors (Lipinski definition) is 4. The Kier molecular flexibility index (Phi) is 8.48. The highest BCUT2D eigenvalue weighted by Crippen LogP contribution is 2.39. The minimum absolute atomic E-state index is 0.123. The van der Waals surface area contributed by atoms with Crippen molar-refractivity contribution in [3.05, 3.63) is 45.9 Å². The molecule has 7 heteroatoms. The van der Waals surface area contributed by atoms with Crippen molar-refractivity contribution in [2.45, 2.75) is 34.1 Å². The van der Waals surface area contributed by atoms with E-state index < -0.39 is 5.82 Å². The Bertz CT molecular complexity index is 776. The van der Waals surface area contributed by atoms with Gasteiger partial charge in [0.25, 0.3) is 5.91 Å². The molecule has 0 bridgehead atoms. The summed E-state index contributed by atoms with van der Waals surface area (Å²) in [5, 5.41) is 0.143. The maximum atomic E-state index is 14.7. The van der Waals surface area contributed by atoms with Crippen molar-refractivity contribution < 1.29 is 23.4 Å². The van der Waals surface area contributed by atoms with Crippen LogP contribution in [-0.2, 0) is 14.3 Å². The highest BCUT2D eigenvalue weighted by Gasteiger charge is 2.33. The van der Waals surface area contributed by atoms with Crippen LogP contribution in [0.2, 0.25) is 5.02 Å². The molecule has 5 nitrogen and oxygen atoms in total. The number of nitrogens with zero attached hydrogens (tertiary/aromatic N) is 1. The summed E-state index contributed by atoms with van der Waals surface area (Å²) >= 11 is 6.13. The molecule has 0 saturated carbocycles. The van der Waals surface area contributed by atoms with Gasteiger partial charge in [-0.3, -0.25) is 9.69 Å². The number of benzene rings is 1. The first-order valence-electron chi connectivity index (χ1n) is 9.42. The molecule has 0 fully saturated rings. The molecule has 1 aliphatic rings. The first-order valence-corrected chi connectivity index (χ1v) is 9.79. The fraction of sp³-hybridized carbons (Fsp3) is 0.476. The normalized spacial score (nSPS) is 15.9. The van der Waals surface area contributed by atoms with Crippen molar-refractivity contribution in [3.63, 3.8) is 0 Å². The number of allylic oxidation sites excluding steroid dienone is 2. The number of carbonyl (C=O) groups is 1. The molecule has 0 aliphatic carbocycles. The molecule has 1 aromatic rings.